The van der Waals surface area contributed by atoms with Gasteiger partial charge in [-0.15, -0.1) is 0 Å². The van der Waals surface area contributed by atoms with Crippen LogP contribution in [0.4, 0.5) is 0 Å². The molecule has 1 heterocycles. The molecule has 0 aromatic heterocycles. The van der Waals surface area contributed by atoms with E-state index in [0.717, 1.165) is 12.1 Å². The summed E-state index contributed by atoms with van der Waals surface area (Å²) in [7, 11) is 1.57. The molecule has 0 aromatic rings. The number of nitrogens with zero attached hydrogens (tertiary/aromatic N) is 2. The normalized spacial score (nSPS) is 22.9. The molecule has 90 valence electrons. The predicted octanol–water partition coefficient (Wildman–Crippen LogP) is 1.59. The van der Waals surface area contributed by atoms with Crippen molar-refractivity contribution >= 4 is 11.6 Å². The lowest BCUT2D eigenvalue weighted by Crippen LogP contribution is -2.37. The molecule has 2 atom stereocenters. The van der Waals surface area contributed by atoms with Gasteiger partial charge < -0.3 is 9.84 Å². The first-order valence-electron chi connectivity index (χ1n) is 5.59. The lowest BCUT2D eigenvalue weighted by molar-refractivity contribution is 0.148. The molecule has 0 bridgehead atoms. The van der Waals surface area contributed by atoms with E-state index < -0.39 is 6.10 Å². The van der Waals surface area contributed by atoms with Crippen LogP contribution in [-0.4, -0.2) is 42.5 Å². The van der Waals surface area contributed by atoms with E-state index in [1.165, 1.54) is 0 Å². The summed E-state index contributed by atoms with van der Waals surface area (Å²) >= 11 is 0. The standard InChI is InChI=1S/C12H20N2O2/c1-4-5-6-7-10(15)11-12(16-3)13-8-9(2)14-11/h4-5,10-11,15H,6-8H2,1-3H3/b5-4+. The van der Waals surface area contributed by atoms with Gasteiger partial charge in [-0.2, -0.15) is 0 Å². The third-order valence-electron chi connectivity index (χ3n) is 2.51. The second-order valence-corrected chi connectivity index (χ2v) is 3.88. The molecule has 16 heavy (non-hydrogen) atoms. The smallest absolute Gasteiger partial charge is 0.211 e. The summed E-state index contributed by atoms with van der Waals surface area (Å²) in [5.74, 6) is 0.540. The summed E-state index contributed by atoms with van der Waals surface area (Å²) < 4.78 is 5.14. The summed E-state index contributed by atoms with van der Waals surface area (Å²) in [6.07, 6.45) is 5.01. The monoisotopic (exact) mass is 224 g/mol. The molecule has 0 aromatic carbocycles. The van der Waals surface area contributed by atoms with Crippen LogP contribution in [0.3, 0.4) is 0 Å². The van der Waals surface area contributed by atoms with Gasteiger partial charge in [-0.05, 0) is 26.7 Å². The van der Waals surface area contributed by atoms with Gasteiger partial charge in [-0.3, -0.25) is 4.99 Å². The third kappa shape index (κ3) is 3.45. The molecule has 1 aliphatic rings. The van der Waals surface area contributed by atoms with Crippen molar-refractivity contribution in [2.24, 2.45) is 9.98 Å². The van der Waals surface area contributed by atoms with Crippen molar-refractivity contribution in [3.63, 3.8) is 0 Å². The molecule has 0 aliphatic carbocycles. The Bertz CT molecular complexity index is 308. The SMILES string of the molecule is C/C=C/CCC(O)C1N=C(C)CN=C1OC. The van der Waals surface area contributed by atoms with E-state index in [9.17, 15) is 5.11 Å². The molecule has 0 spiro atoms. The minimum Gasteiger partial charge on any atom is -0.483 e. The molecular formula is C12H20N2O2. The third-order valence-corrected chi connectivity index (χ3v) is 2.51. The van der Waals surface area contributed by atoms with Crippen LogP contribution in [0.15, 0.2) is 22.1 Å². The second-order valence-electron chi connectivity index (χ2n) is 3.88. The predicted molar refractivity (Wildman–Crippen MR) is 66.3 cm³/mol. The topological polar surface area (TPSA) is 54.2 Å². The summed E-state index contributed by atoms with van der Waals surface area (Å²) in [6.45, 7) is 4.46. The van der Waals surface area contributed by atoms with Gasteiger partial charge in [0.2, 0.25) is 5.90 Å². The average molecular weight is 224 g/mol. The van der Waals surface area contributed by atoms with E-state index in [4.69, 9.17) is 4.74 Å². The van der Waals surface area contributed by atoms with Gasteiger partial charge in [-0.1, -0.05) is 12.2 Å². The number of aliphatic hydroxyl groups is 1. The summed E-state index contributed by atoms with van der Waals surface area (Å²) in [4.78, 5) is 8.65. The van der Waals surface area contributed by atoms with E-state index in [0.29, 0.717) is 18.9 Å². The highest BCUT2D eigenvalue weighted by Gasteiger charge is 2.26. The molecule has 0 saturated carbocycles. The lowest BCUT2D eigenvalue weighted by atomic mass is 10.0. The molecule has 0 amide bonds. The first-order chi connectivity index (χ1) is 7.69. The average Bonchev–Trinajstić information content (AvgIpc) is 2.29. The van der Waals surface area contributed by atoms with Crippen molar-refractivity contribution < 1.29 is 9.84 Å². The van der Waals surface area contributed by atoms with Crippen LogP contribution in [0.2, 0.25) is 0 Å². The molecule has 1 N–H and O–H groups in total. The quantitative estimate of drug-likeness (QED) is 0.737. The van der Waals surface area contributed by atoms with Gasteiger partial charge in [0.05, 0.1) is 19.8 Å². The van der Waals surface area contributed by atoms with Crippen LogP contribution in [0.1, 0.15) is 26.7 Å². The van der Waals surface area contributed by atoms with E-state index in [2.05, 4.69) is 9.98 Å². The maximum absolute atomic E-state index is 10.0. The first-order valence-corrected chi connectivity index (χ1v) is 5.59. The molecule has 4 heteroatoms. The van der Waals surface area contributed by atoms with Gasteiger partial charge in [0, 0.05) is 5.71 Å². The van der Waals surface area contributed by atoms with Gasteiger partial charge in [0.25, 0.3) is 0 Å². The summed E-state index contributed by atoms with van der Waals surface area (Å²) in [6, 6.07) is -0.330. The first kappa shape index (κ1) is 12.9. The van der Waals surface area contributed by atoms with Crippen molar-refractivity contribution in [1.29, 1.82) is 0 Å². The zero-order valence-electron chi connectivity index (χ0n) is 10.2. The Balaban J connectivity index is 2.60. The molecule has 0 fully saturated rings. The highest BCUT2D eigenvalue weighted by Crippen LogP contribution is 2.13. The van der Waals surface area contributed by atoms with Crippen molar-refractivity contribution in [2.45, 2.75) is 38.8 Å². The number of methoxy groups -OCH3 is 1. The lowest BCUT2D eigenvalue weighted by Gasteiger charge is -2.23. The molecule has 1 aliphatic heterocycles. The zero-order chi connectivity index (χ0) is 12.0. The molecule has 1 rings (SSSR count). The second kappa shape index (κ2) is 6.43. The van der Waals surface area contributed by atoms with Gasteiger partial charge in [0.1, 0.15) is 0 Å². The van der Waals surface area contributed by atoms with E-state index in [-0.39, 0.29) is 6.04 Å². The Morgan fingerprint density at radius 2 is 2.38 bits per heavy atom. The minimum atomic E-state index is -0.523. The fourth-order valence-electron chi connectivity index (χ4n) is 1.65. The van der Waals surface area contributed by atoms with Crippen molar-refractivity contribution in [2.75, 3.05) is 13.7 Å². The van der Waals surface area contributed by atoms with Gasteiger partial charge >= 0.3 is 0 Å². The summed E-state index contributed by atoms with van der Waals surface area (Å²) in [5, 5.41) is 10.0. The minimum absolute atomic E-state index is 0.330. The largest absolute Gasteiger partial charge is 0.483 e. The van der Waals surface area contributed by atoms with Crippen LogP contribution in [0.25, 0.3) is 0 Å². The number of aliphatic imine (C=N–C) groups is 2. The maximum Gasteiger partial charge on any atom is 0.211 e. The molecule has 4 nitrogen and oxygen atoms in total. The Morgan fingerprint density at radius 1 is 1.62 bits per heavy atom. The Labute approximate surface area is 96.8 Å². The highest BCUT2D eigenvalue weighted by atomic mass is 16.5. The summed E-state index contributed by atoms with van der Waals surface area (Å²) in [5.41, 5.74) is 0.941. The number of rotatable bonds is 4. The van der Waals surface area contributed by atoms with Gasteiger partial charge in [-0.25, -0.2) is 4.99 Å². The van der Waals surface area contributed by atoms with Crippen LogP contribution >= 0.6 is 0 Å². The number of ether oxygens (including phenoxy) is 1. The molecule has 0 saturated heterocycles. The van der Waals surface area contributed by atoms with Gasteiger partial charge in [0.15, 0.2) is 6.04 Å². The van der Waals surface area contributed by atoms with Crippen LogP contribution < -0.4 is 0 Å². The van der Waals surface area contributed by atoms with Crippen molar-refractivity contribution in [3.05, 3.63) is 12.2 Å². The Morgan fingerprint density at radius 3 is 3.00 bits per heavy atom. The number of hydrogen-bond acceptors (Lipinski definition) is 4. The highest BCUT2D eigenvalue weighted by molar-refractivity contribution is 5.94. The number of hydrogen-bond donors (Lipinski definition) is 1. The molecule has 0 radical (unpaired) electrons. The molecular weight excluding hydrogens is 204 g/mol. The van der Waals surface area contributed by atoms with Crippen LogP contribution in [-0.2, 0) is 4.74 Å². The molecule has 2 unspecified atom stereocenters. The number of aliphatic hydroxyl groups excluding tert-OH is 1. The van der Waals surface area contributed by atoms with E-state index >= 15 is 0 Å². The fraction of sp³-hybridized carbons (Fsp3) is 0.667. The maximum atomic E-state index is 10.0. The Hall–Kier alpha value is -1.16. The van der Waals surface area contributed by atoms with Crippen molar-refractivity contribution in [1.82, 2.24) is 0 Å². The zero-order valence-corrected chi connectivity index (χ0v) is 10.2. The fourth-order valence-corrected chi connectivity index (χ4v) is 1.65. The Kier molecular flexibility index (Phi) is 5.19. The van der Waals surface area contributed by atoms with E-state index in [1.807, 2.05) is 26.0 Å². The van der Waals surface area contributed by atoms with Crippen LogP contribution in [0.5, 0.6) is 0 Å². The van der Waals surface area contributed by atoms with Crippen molar-refractivity contribution in [3.8, 4) is 0 Å². The van der Waals surface area contributed by atoms with E-state index in [1.54, 1.807) is 7.11 Å². The van der Waals surface area contributed by atoms with Crippen LogP contribution in [0, 0.1) is 0 Å². The number of allylic oxidation sites excluding steroid dienone is 2.